The highest BCUT2D eigenvalue weighted by Gasteiger charge is 2.02. The minimum absolute atomic E-state index is 0.0138. The van der Waals surface area contributed by atoms with Crippen molar-refractivity contribution < 1.29 is 4.79 Å². The van der Waals surface area contributed by atoms with E-state index in [2.05, 4.69) is 15.3 Å². The molecule has 0 fully saturated rings. The van der Waals surface area contributed by atoms with Crippen LogP contribution < -0.4 is 5.32 Å². The van der Waals surface area contributed by atoms with Crippen LogP contribution in [0, 0.1) is 0 Å². The van der Waals surface area contributed by atoms with Crippen molar-refractivity contribution in [3.63, 3.8) is 0 Å². The monoisotopic (exact) mass is 255 g/mol. The number of hydrogen-bond acceptors (Lipinski definition) is 3. The molecular weight excluding hydrogens is 238 g/mol. The predicted octanol–water partition coefficient (Wildman–Crippen LogP) is 2.23. The number of aryl methyl sites for hydroxylation is 1. The molecule has 2 aromatic rings. The Bertz CT molecular complexity index is 499. The molecule has 1 heterocycles. The van der Waals surface area contributed by atoms with Gasteiger partial charge in [-0.2, -0.15) is 0 Å². The molecule has 1 amide bonds. The van der Waals surface area contributed by atoms with Crippen molar-refractivity contribution in [1.82, 2.24) is 15.3 Å². The van der Waals surface area contributed by atoms with E-state index in [-0.39, 0.29) is 5.91 Å². The minimum Gasteiger partial charge on any atom is -0.352 e. The molecule has 1 N–H and O–H groups in total. The Kier molecular flexibility index (Phi) is 5.05. The largest absolute Gasteiger partial charge is 0.352 e. The molecule has 98 valence electrons. The van der Waals surface area contributed by atoms with E-state index in [1.54, 1.807) is 18.6 Å². The summed E-state index contributed by atoms with van der Waals surface area (Å²) in [5, 5.41) is 2.91. The Morgan fingerprint density at radius 1 is 1.11 bits per heavy atom. The lowest BCUT2D eigenvalue weighted by Gasteiger charge is -2.04. The molecule has 0 aliphatic carbocycles. The Morgan fingerprint density at radius 2 is 1.95 bits per heavy atom. The summed E-state index contributed by atoms with van der Waals surface area (Å²) in [4.78, 5) is 20.0. The van der Waals surface area contributed by atoms with Gasteiger partial charge in [-0.25, -0.2) is 0 Å². The summed E-state index contributed by atoms with van der Waals surface area (Å²) in [6.45, 7) is 0.688. The average Bonchev–Trinajstić information content (AvgIpc) is 2.49. The second-order valence-corrected chi connectivity index (χ2v) is 4.28. The van der Waals surface area contributed by atoms with Crippen molar-refractivity contribution in [3.8, 4) is 0 Å². The number of hydrogen-bond donors (Lipinski definition) is 1. The highest BCUT2D eigenvalue weighted by molar-refractivity contribution is 5.94. The number of nitrogens with zero attached hydrogens (tertiary/aromatic N) is 2. The summed E-state index contributed by atoms with van der Waals surface area (Å²) < 4.78 is 0. The van der Waals surface area contributed by atoms with Crippen molar-refractivity contribution in [2.45, 2.75) is 19.3 Å². The van der Waals surface area contributed by atoms with Crippen molar-refractivity contribution >= 4 is 5.91 Å². The van der Waals surface area contributed by atoms with Crippen LogP contribution in [-0.4, -0.2) is 22.4 Å². The fourth-order valence-corrected chi connectivity index (χ4v) is 1.78. The van der Waals surface area contributed by atoms with E-state index in [9.17, 15) is 4.79 Å². The van der Waals surface area contributed by atoms with Gasteiger partial charge in [-0.3, -0.25) is 14.8 Å². The number of benzene rings is 1. The van der Waals surface area contributed by atoms with Crippen LogP contribution in [0.5, 0.6) is 0 Å². The van der Waals surface area contributed by atoms with Gasteiger partial charge >= 0.3 is 0 Å². The minimum atomic E-state index is -0.0138. The highest BCUT2D eigenvalue weighted by Crippen LogP contribution is 2.00. The topological polar surface area (TPSA) is 54.9 Å². The number of carbonyl (C=O) groups excluding carboxylic acids is 1. The standard InChI is InChI=1S/C15H17N3O/c19-15(13-6-2-1-3-7-13)18-9-5-4-8-14-12-16-10-11-17-14/h1-3,6-7,10-12H,4-5,8-9H2,(H,18,19). The van der Waals surface area contributed by atoms with Crippen LogP contribution in [0.15, 0.2) is 48.9 Å². The second-order valence-electron chi connectivity index (χ2n) is 4.28. The van der Waals surface area contributed by atoms with E-state index in [4.69, 9.17) is 0 Å². The van der Waals surface area contributed by atoms with Crippen LogP contribution in [0.3, 0.4) is 0 Å². The van der Waals surface area contributed by atoms with Crippen LogP contribution in [0.1, 0.15) is 28.9 Å². The first-order valence-electron chi connectivity index (χ1n) is 6.44. The summed E-state index contributed by atoms with van der Waals surface area (Å²) >= 11 is 0. The summed E-state index contributed by atoms with van der Waals surface area (Å²) in [5.41, 5.74) is 1.70. The number of rotatable bonds is 6. The number of aromatic nitrogens is 2. The van der Waals surface area contributed by atoms with E-state index in [1.165, 1.54) is 0 Å². The molecule has 0 atom stereocenters. The van der Waals surface area contributed by atoms with E-state index in [1.807, 2.05) is 30.3 Å². The fourth-order valence-electron chi connectivity index (χ4n) is 1.78. The third-order valence-corrected chi connectivity index (χ3v) is 2.80. The van der Waals surface area contributed by atoms with Crippen LogP contribution in [0.4, 0.5) is 0 Å². The summed E-state index contributed by atoms with van der Waals surface area (Å²) in [6.07, 6.45) is 7.98. The maximum absolute atomic E-state index is 11.7. The first-order chi connectivity index (χ1) is 9.36. The Labute approximate surface area is 112 Å². The van der Waals surface area contributed by atoms with Crippen molar-refractivity contribution in [2.24, 2.45) is 0 Å². The normalized spacial score (nSPS) is 10.1. The van der Waals surface area contributed by atoms with Gasteiger partial charge in [0, 0.05) is 30.7 Å². The molecule has 19 heavy (non-hydrogen) atoms. The molecular formula is C15H17N3O. The first kappa shape index (κ1) is 13.2. The quantitative estimate of drug-likeness (QED) is 0.805. The van der Waals surface area contributed by atoms with E-state index in [0.717, 1.165) is 25.0 Å². The van der Waals surface area contributed by atoms with Gasteiger partial charge in [0.25, 0.3) is 5.91 Å². The number of unbranched alkanes of at least 4 members (excludes halogenated alkanes) is 1. The van der Waals surface area contributed by atoms with Crippen LogP contribution in [0.25, 0.3) is 0 Å². The maximum atomic E-state index is 11.7. The lowest BCUT2D eigenvalue weighted by Crippen LogP contribution is -2.24. The third kappa shape index (κ3) is 4.50. The molecule has 0 aliphatic rings. The molecule has 1 aromatic carbocycles. The summed E-state index contributed by atoms with van der Waals surface area (Å²) in [5.74, 6) is -0.0138. The highest BCUT2D eigenvalue weighted by atomic mass is 16.1. The van der Waals surface area contributed by atoms with Crippen LogP contribution >= 0.6 is 0 Å². The molecule has 1 aromatic heterocycles. The van der Waals surface area contributed by atoms with Crippen molar-refractivity contribution in [1.29, 1.82) is 0 Å². The molecule has 0 unspecified atom stereocenters. The van der Waals surface area contributed by atoms with Crippen LogP contribution in [0.2, 0.25) is 0 Å². The molecule has 4 nitrogen and oxygen atoms in total. The van der Waals surface area contributed by atoms with Gasteiger partial charge in [0.2, 0.25) is 0 Å². The fraction of sp³-hybridized carbons (Fsp3) is 0.267. The van der Waals surface area contributed by atoms with Gasteiger partial charge < -0.3 is 5.32 Å². The van der Waals surface area contributed by atoms with Gasteiger partial charge in [-0.05, 0) is 31.4 Å². The number of nitrogens with one attached hydrogen (secondary N) is 1. The van der Waals surface area contributed by atoms with Crippen molar-refractivity contribution in [2.75, 3.05) is 6.54 Å². The zero-order chi connectivity index (χ0) is 13.3. The summed E-state index contributed by atoms with van der Waals surface area (Å²) in [7, 11) is 0. The zero-order valence-electron chi connectivity index (χ0n) is 10.7. The van der Waals surface area contributed by atoms with Gasteiger partial charge in [0.05, 0.1) is 5.69 Å². The average molecular weight is 255 g/mol. The number of amides is 1. The van der Waals surface area contributed by atoms with Gasteiger partial charge in [-0.1, -0.05) is 18.2 Å². The Hall–Kier alpha value is -2.23. The van der Waals surface area contributed by atoms with E-state index < -0.39 is 0 Å². The van der Waals surface area contributed by atoms with Crippen molar-refractivity contribution in [3.05, 3.63) is 60.2 Å². The zero-order valence-corrected chi connectivity index (χ0v) is 10.7. The van der Waals surface area contributed by atoms with Gasteiger partial charge in [0.15, 0.2) is 0 Å². The summed E-state index contributed by atoms with van der Waals surface area (Å²) in [6, 6.07) is 9.26. The molecule has 0 saturated heterocycles. The lowest BCUT2D eigenvalue weighted by molar-refractivity contribution is 0.0953. The lowest BCUT2D eigenvalue weighted by atomic mass is 10.2. The smallest absolute Gasteiger partial charge is 0.251 e. The molecule has 0 aliphatic heterocycles. The number of carbonyl (C=O) groups is 1. The SMILES string of the molecule is O=C(NCCCCc1cnccn1)c1ccccc1. The Morgan fingerprint density at radius 3 is 2.68 bits per heavy atom. The molecule has 0 bridgehead atoms. The second kappa shape index (κ2) is 7.26. The third-order valence-electron chi connectivity index (χ3n) is 2.80. The predicted molar refractivity (Wildman–Crippen MR) is 73.7 cm³/mol. The van der Waals surface area contributed by atoms with Gasteiger partial charge in [0.1, 0.15) is 0 Å². The molecule has 0 radical (unpaired) electrons. The Balaban J connectivity index is 1.63. The first-order valence-corrected chi connectivity index (χ1v) is 6.44. The molecule has 0 spiro atoms. The molecule has 0 saturated carbocycles. The molecule has 2 rings (SSSR count). The van der Waals surface area contributed by atoms with Crippen LogP contribution in [-0.2, 0) is 6.42 Å². The maximum Gasteiger partial charge on any atom is 0.251 e. The van der Waals surface area contributed by atoms with E-state index >= 15 is 0 Å². The van der Waals surface area contributed by atoms with E-state index in [0.29, 0.717) is 12.1 Å². The molecule has 4 heteroatoms. The van der Waals surface area contributed by atoms with Gasteiger partial charge in [-0.15, -0.1) is 0 Å².